The van der Waals surface area contributed by atoms with E-state index in [0.717, 1.165) is 47.2 Å². The Hall–Kier alpha value is -1.60. The van der Waals surface area contributed by atoms with Gasteiger partial charge in [-0.25, -0.2) is 0 Å². The molecular weight excluding hydrogens is 338 g/mol. The van der Waals surface area contributed by atoms with Crippen LogP contribution >= 0.6 is 15.9 Å². The van der Waals surface area contributed by atoms with E-state index in [9.17, 15) is 0 Å². The van der Waals surface area contributed by atoms with Crippen molar-refractivity contribution in [3.05, 3.63) is 22.5 Å². The first kappa shape index (κ1) is 13.1. The summed E-state index contributed by atoms with van der Waals surface area (Å²) in [7, 11) is 0. The average Bonchev–Trinajstić information content (AvgIpc) is 3.18. The zero-order valence-electron chi connectivity index (χ0n) is 11.3. The SMILES string of the molecule is NCc1nc(-c2cc3c(cc2Br)OC2(CCCC2)O3)no1. The molecule has 0 atom stereocenters. The van der Waals surface area contributed by atoms with Gasteiger partial charge in [-0.3, -0.25) is 0 Å². The molecular formula is C14H14BrN3O3. The molecule has 0 radical (unpaired) electrons. The van der Waals surface area contributed by atoms with Crippen molar-refractivity contribution in [2.45, 2.75) is 38.0 Å². The van der Waals surface area contributed by atoms with Crippen molar-refractivity contribution in [3.8, 4) is 22.9 Å². The second-order valence-corrected chi connectivity index (χ2v) is 6.17. The van der Waals surface area contributed by atoms with Gasteiger partial charge >= 0.3 is 0 Å². The molecule has 2 heterocycles. The van der Waals surface area contributed by atoms with Crippen molar-refractivity contribution in [1.82, 2.24) is 10.1 Å². The second kappa shape index (κ2) is 4.71. The highest BCUT2D eigenvalue weighted by molar-refractivity contribution is 9.10. The quantitative estimate of drug-likeness (QED) is 0.895. The first-order chi connectivity index (χ1) is 10.2. The molecule has 1 fully saturated rings. The molecule has 0 saturated heterocycles. The van der Waals surface area contributed by atoms with Crippen LogP contribution in [0.15, 0.2) is 21.1 Å². The number of rotatable bonds is 2. The van der Waals surface area contributed by atoms with Gasteiger partial charge in [0.25, 0.3) is 5.79 Å². The molecule has 110 valence electrons. The van der Waals surface area contributed by atoms with Crippen LogP contribution in [0, 0.1) is 0 Å². The van der Waals surface area contributed by atoms with Crippen molar-refractivity contribution in [1.29, 1.82) is 0 Å². The first-order valence-electron chi connectivity index (χ1n) is 6.94. The predicted octanol–water partition coefficient (Wildman–Crippen LogP) is 3.00. The van der Waals surface area contributed by atoms with E-state index in [-0.39, 0.29) is 6.54 Å². The molecule has 2 N–H and O–H groups in total. The summed E-state index contributed by atoms with van der Waals surface area (Å²) < 4.78 is 18.0. The van der Waals surface area contributed by atoms with Crippen LogP contribution in [0.5, 0.6) is 11.5 Å². The van der Waals surface area contributed by atoms with E-state index in [0.29, 0.717) is 11.7 Å². The maximum atomic E-state index is 6.05. The third kappa shape index (κ3) is 2.11. The zero-order valence-corrected chi connectivity index (χ0v) is 12.9. The van der Waals surface area contributed by atoms with Gasteiger partial charge in [-0.1, -0.05) is 5.16 Å². The summed E-state index contributed by atoms with van der Waals surface area (Å²) in [6, 6.07) is 3.79. The van der Waals surface area contributed by atoms with E-state index < -0.39 is 5.79 Å². The van der Waals surface area contributed by atoms with Crippen molar-refractivity contribution in [2.75, 3.05) is 0 Å². The number of nitrogens with two attached hydrogens (primary N) is 1. The minimum atomic E-state index is -0.472. The number of ether oxygens (including phenoxy) is 2. The summed E-state index contributed by atoms with van der Waals surface area (Å²) in [6.07, 6.45) is 4.11. The lowest BCUT2D eigenvalue weighted by molar-refractivity contribution is -0.0716. The smallest absolute Gasteiger partial charge is 0.251 e. The Kier molecular flexibility index (Phi) is 2.93. The fourth-order valence-corrected chi connectivity index (χ4v) is 3.35. The van der Waals surface area contributed by atoms with Crippen LogP contribution in [-0.4, -0.2) is 15.9 Å². The van der Waals surface area contributed by atoms with E-state index in [2.05, 4.69) is 26.1 Å². The lowest BCUT2D eigenvalue weighted by Gasteiger charge is -2.21. The third-order valence-electron chi connectivity index (χ3n) is 3.87. The Morgan fingerprint density at radius 1 is 1.19 bits per heavy atom. The number of fused-ring (bicyclic) bond motifs is 1. The van der Waals surface area contributed by atoms with Crippen LogP contribution in [-0.2, 0) is 6.54 Å². The third-order valence-corrected chi connectivity index (χ3v) is 4.53. The summed E-state index contributed by atoms with van der Waals surface area (Å²) in [6.45, 7) is 0.221. The van der Waals surface area contributed by atoms with Gasteiger partial charge in [0.05, 0.1) is 6.54 Å². The molecule has 1 aromatic heterocycles. The highest BCUT2D eigenvalue weighted by Crippen LogP contribution is 2.49. The summed E-state index contributed by atoms with van der Waals surface area (Å²) in [5.74, 6) is 1.91. The van der Waals surface area contributed by atoms with Crippen LogP contribution in [0.2, 0.25) is 0 Å². The molecule has 1 aliphatic heterocycles. The maximum Gasteiger partial charge on any atom is 0.251 e. The Morgan fingerprint density at radius 2 is 1.90 bits per heavy atom. The molecule has 1 saturated carbocycles. The van der Waals surface area contributed by atoms with Crippen molar-refractivity contribution in [3.63, 3.8) is 0 Å². The molecule has 21 heavy (non-hydrogen) atoms. The largest absolute Gasteiger partial charge is 0.448 e. The van der Waals surface area contributed by atoms with Gasteiger partial charge in [0.2, 0.25) is 11.7 Å². The number of benzene rings is 1. The molecule has 1 spiro atoms. The normalized spacial score (nSPS) is 18.6. The van der Waals surface area contributed by atoms with Gasteiger partial charge in [-0.05, 0) is 40.9 Å². The van der Waals surface area contributed by atoms with E-state index in [1.165, 1.54) is 0 Å². The minimum absolute atomic E-state index is 0.221. The number of halogens is 1. The van der Waals surface area contributed by atoms with Crippen LogP contribution in [0.25, 0.3) is 11.4 Å². The Balaban J connectivity index is 1.72. The number of nitrogens with zero attached hydrogens (tertiary/aromatic N) is 2. The van der Waals surface area contributed by atoms with Gasteiger partial charge < -0.3 is 19.7 Å². The zero-order chi connectivity index (χ0) is 14.4. The highest BCUT2D eigenvalue weighted by Gasteiger charge is 2.44. The summed E-state index contributed by atoms with van der Waals surface area (Å²) in [4.78, 5) is 4.25. The fourth-order valence-electron chi connectivity index (χ4n) is 2.85. The molecule has 2 aliphatic rings. The molecule has 0 unspecified atom stereocenters. The lowest BCUT2D eigenvalue weighted by Crippen LogP contribution is -2.34. The molecule has 4 rings (SSSR count). The molecule has 0 amide bonds. The molecule has 6 nitrogen and oxygen atoms in total. The van der Waals surface area contributed by atoms with Gasteiger partial charge in [-0.2, -0.15) is 4.98 Å². The van der Waals surface area contributed by atoms with Crippen LogP contribution in [0.3, 0.4) is 0 Å². The fraction of sp³-hybridized carbons (Fsp3) is 0.429. The number of hydrogen-bond donors (Lipinski definition) is 1. The van der Waals surface area contributed by atoms with E-state index in [4.69, 9.17) is 19.7 Å². The average molecular weight is 352 g/mol. The van der Waals surface area contributed by atoms with Crippen molar-refractivity contribution < 1.29 is 14.0 Å². The molecule has 2 aromatic rings. The Labute approximate surface area is 129 Å². The minimum Gasteiger partial charge on any atom is -0.448 e. The van der Waals surface area contributed by atoms with E-state index in [1.54, 1.807) is 0 Å². The van der Waals surface area contributed by atoms with Gasteiger partial charge in [-0.15, -0.1) is 0 Å². The highest BCUT2D eigenvalue weighted by atomic mass is 79.9. The second-order valence-electron chi connectivity index (χ2n) is 5.32. The monoisotopic (exact) mass is 351 g/mol. The van der Waals surface area contributed by atoms with Crippen molar-refractivity contribution in [2.24, 2.45) is 5.73 Å². The summed E-state index contributed by atoms with van der Waals surface area (Å²) in [5, 5.41) is 3.94. The standard InChI is InChI=1S/C14H14BrN3O3/c15-9-6-11-10(19-14(20-11)3-1-2-4-14)5-8(9)13-17-12(7-16)21-18-13/h5-6H,1-4,7,16H2. The first-order valence-corrected chi connectivity index (χ1v) is 7.73. The number of aromatic nitrogens is 2. The molecule has 1 aromatic carbocycles. The topological polar surface area (TPSA) is 83.4 Å². The summed E-state index contributed by atoms with van der Waals surface area (Å²) in [5.41, 5.74) is 6.30. The van der Waals surface area contributed by atoms with Crippen LogP contribution in [0.4, 0.5) is 0 Å². The number of hydrogen-bond acceptors (Lipinski definition) is 6. The Bertz CT molecular complexity index is 695. The van der Waals surface area contributed by atoms with Gasteiger partial charge in [0.15, 0.2) is 11.5 Å². The van der Waals surface area contributed by atoms with Crippen LogP contribution in [0.1, 0.15) is 31.6 Å². The lowest BCUT2D eigenvalue weighted by atomic mass is 10.2. The molecule has 7 heteroatoms. The maximum absolute atomic E-state index is 6.05. The van der Waals surface area contributed by atoms with E-state index >= 15 is 0 Å². The van der Waals surface area contributed by atoms with Gasteiger partial charge in [0, 0.05) is 22.9 Å². The Morgan fingerprint density at radius 3 is 2.57 bits per heavy atom. The van der Waals surface area contributed by atoms with Crippen molar-refractivity contribution >= 4 is 15.9 Å². The summed E-state index contributed by atoms with van der Waals surface area (Å²) >= 11 is 3.53. The van der Waals surface area contributed by atoms with Crippen LogP contribution < -0.4 is 15.2 Å². The molecule has 1 aliphatic carbocycles. The van der Waals surface area contributed by atoms with Gasteiger partial charge in [0.1, 0.15) is 0 Å². The molecule has 0 bridgehead atoms. The predicted molar refractivity (Wildman–Crippen MR) is 77.8 cm³/mol. The van der Waals surface area contributed by atoms with E-state index in [1.807, 2.05) is 12.1 Å².